The predicted octanol–water partition coefficient (Wildman–Crippen LogP) is 5.69. The van der Waals surface area contributed by atoms with E-state index < -0.39 is 51.9 Å². The van der Waals surface area contributed by atoms with Gasteiger partial charge in [-0.05, 0) is 47.9 Å². The van der Waals surface area contributed by atoms with Crippen molar-refractivity contribution < 1.29 is 35.9 Å². The van der Waals surface area contributed by atoms with Crippen LogP contribution in [0.25, 0.3) is 0 Å². The number of carbonyl (C=O) groups is 2. The van der Waals surface area contributed by atoms with Crippen molar-refractivity contribution >= 4 is 39.1 Å². The Balaban J connectivity index is 2.11. The minimum atomic E-state index is -4.79. The number of unbranched alkanes of at least 4 members (excludes halogenated alkanes) is 1. The topological polar surface area (TPSA) is 96.0 Å². The lowest BCUT2D eigenvalue weighted by Gasteiger charge is -2.34. The highest BCUT2D eigenvalue weighted by atomic mass is 35.5. The maximum Gasteiger partial charge on any atom is 0.416 e. The number of nitrogens with zero attached hydrogens (tertiary/aromatic N) is 2. The molecule has 0 bridgehead atoms. The summed E-state index contributed by atoms with van der Waals surface area (Å²) in [5.41, 5.74) is -0.318. The summed E-state index contributed by atoms with van der Waals surface area (Å²) in [4.78, 5) is 29.0. The lowest BCUT2D eigenvalue weighted by molar-refractivity contribution is -0.140. The Morgan fingerprint density at radius 2 is 1.68 bits per heavy atom. The zero-order valence-electron chi connectivity index (χ0n) is 24.6. The van der Waals surface area contributed by atoms with Gasteiger partial charge < -0.3 is 15.0 Å². The molecule has 0 radical (unpaired) electrons. The van der Waals surface area contributed by atoms with Gasteiger partial charge in [-0.1, -0.05) is 67.4 Å². The van der Waals surface area contributed by atoms with Crippen LogP contribution >= 0.6 is 11.6 Å². The van der Waals surface area contributed by atoms with E-state index in [0.29, 0.717) is 34.7 Å². The molecule has 44 heavy (non-hydrogen) atoms. The minimum absolute atomic E-state index is 0.0949. The number of anilines is 1. The Morgan fingerprint density at radius 3 is 2.30 bits per heavy atom. The quantitative estimate of drug-likeness (QED) is 0.226. The summed E-state index contributed by atoms with van der Waals surface area (Å²) in [6.07, 6.45) is -2.41. The molecule has 3 aromatic rings. The van der Waals surface area contributed by atoms with Crippen LogP contribution in [0.2, 0.25) is 5.02 Å². The van der Waals surface area contributed by atoms with Crippen molar-refractivity contribution in [3.8, 4) is 5.75 Å². The molecule has 13 heteroatoms. The van der Waals surface area contributed by atoms with Gasteiger partial charge in [0, 0.05) is 19.5 Å². The first-order valence-corrected chi connectivity index (χ1v) is 16.1. The second-order valence-electron chi connectivity index (χ2n) is 10.2. The van der Waals surface area contributed by atoms with Crippen LogP contribution in [-0.4, -0.2) is 57.6 Å². The number of amides is 2. The van der Waals surface area contributed by atoms with Crippen LogP contribution in [-0.2, 0) is 38.8 Å². The molecule has 238 valence electrons. The fourth-order valence-electron chi connectivity index (χ4n) is 4.50. The molecule has 0 fully saturated rings. The fraction of sp³-hybridized carbons (Fsp3) is 0.355. The molecule has 2 amide bonds. The van der Waals surface area contributed by atoms with Crippen molar-refractivity contribution in [1.29, 1.82) is 0 Å². The van der Waals surface area contributed by atoms with E-state index in [1.807, 2.05) is 13.0 Å². The molecule has 3 rings (SSSR count). The summed E-state index contributed by atoms with van der Waals surface area (Å²) in [6.45, 7) is 1.29. The second kappa shape index (κ2) is 15.3. The number of nitrogens with one attached hydrogen (secondary N) is 1. The van der Waals surface area contributed by atoms with E-state index in [9.17, 15) is 31.2 Å². The monoisotopic (exact) mass is 653 g/mol. The summed E-state index contributed by atoms with van der Waals surface area (Å²) in [7, 11) is -2.85. The summed E-state index contributed by atoms with van der Waals surface area (Å²) in [5.74, 6) is -0.782. The molecule has 8 nitrogen and oxygen atoms in total. The standard InChI is InChI=1S/C31H35ClF3N3O5S/c1-4-5-16-36-30(40)28(18-22-10-7-6-8-11-22)37(20-23-12-9-13-25(17-23)43-2)29(39)21-38(44(3,41)42)27-19-24(31(33,34)35)14-15-26(27)32/h6-15,17,19,28H,4-5,16,18,20-21H2,1-3H3,(H,36,40)/t28-/m0/s1. The van der Waals surface area contributed by atoms with Crippen molar-refractivity contribution in [2.24, 2.45) is 0 Å². The summed E-state index contributed by atoms with van der Waals surface area (Å²) >= 11 is 6.19. The number of carbonyl (C=O) groups excluding carboxylic acids is 2. The molecule has 0 spiro atoms. The highest BCUT2D eigenvalue weighted by molar-refractivity contribution is 7.92. The van der Waals surface area contributed by atoms with E-state index >= 15 is 0 Å². The maximum absolute atomic E-state index is 14.1. The predicted molar refractivity (Wildman–Crippen MR) is 164 cm³/mol. The Bertz CT molecular complexity index is 1540. The fourth-order valence-corrected chi connectivity index (χ4v) is 5.63. The van der Waals surface area contributed by atoms with Gasteiger partial charge >= 0.3 is 6.18 Å². The Kier molecular flexibility index (Phi) is 12.1. The molecule has 0 aromatic heterocycles. The molecule has 0 aliphatic heterocycles. The first-order valence-electron chi connectivity index (χ1n) is 13.8. The van der Waals surface area contributed by atoms with E-state index in [1.165, 1.54) is 12.0 Å². The summed E-state index contributed by atoms with van der Waals surface area (Å²) in [6, 6.07) is 16.9. The highest BCUT2D eigenvalue weighted by Crippen LogP contribution is 2.36. The molecule has 0 saturated heterocycles. The van der Waals surface area contributed by atoms with Crippen molar-refractivity contribution in [3.05, 3.63) is 94.5 Å². The van der Waals surface area contributed by atoms with Gasteiger partial charge in [0.15, 0.2) is 0 Å². The SMILES string of the molecule is CCCCNC(=O)[C@H](Cc1ccccc1)N(Cc1cccc(OC)c1)C(=O)CN(c1cc(C(F)(F)F)ccc1Cl)S(C)(=O)=O. The lowest BCUT2D eigenvalue weighted by atomic mass is 10.0. The largest absolute Gasteiger partial charge is 0.497 e. The molecule has 3 aromatic carbocycles. The molecule has 0 aliphatic carbocycles. The van der Waals surface area contributed by atoms with Crippen LogP contribution in [0.3, 0.4) is 0 Å². The average molecular weight is 654 g/mol. The second-order valence-corrected chi connectivity index (χ2v) is 12.5. The highest BCUT2D eigenvalue weighted by Gasteiger charge is 2.36. The van der Waals surface area contributed by atoms with Gasteiger partial charge in [0.05, 0.1) is 29.6 Å². The Morgan fingerprint density at radius 1 is 1.00 bits per heavy atom. The zero-order chi connectivity index (χ0) is 32.5. The van der Waals surface area contributed by atoms with E-state index in [1.54, 1.807) is 48.5 Å². The number of hydrogen-bond acceptors (Lipinski definition) is 5. The molecular formula is C31H35ClF3N3O5S. The third-order valence-corrected chi connectivity index (χ3v) is 8.26. The molecular weight excluding hydrogens is 619 g/mol. The number of hydrogen-bond donors (Lipinski definition) is 1. The molecule has 0 aliphatic rings. The van der Waals surface area contributed by atoms with Crippen LogP contribution < -0.4 is 14.4 Å². The normalized spacial score (nSPS) is 12.3. The van der Waals surface area contributed by atoms with Gasteiger partial charge in [-0.3, -0.25) is 13.9 Å². The summed E-state index contributed by atoms with van der Waals surface area (Å²) < 4.78 is 72.3. The number of benzene rings is 3. The third-order valence-electron chi connectivity index (χ3n) is 6.81. The van der Waals surface area contributed by atoms with Gasteiger partial charge in [-0.15, -0.1) is 0 Å². The molecule has 0 heterocycles. The van der Waals surface area contributed by atoms with Gasteiger partial charge in [0.2, 0.25) is 21.8 Å². The average Bonchev–Trinajstić information content (AvgIpc) is 2.97. The number of ether oxygens (including phenoxy) is 1. The van der Waals surface area contributed by atoms with E-state index in [4.69, 9.17) is 16.3 Å². The number of rotatable bonds is 14. The van der Waals surface area contributed by atoms with E-state index in [0.717, 1.165) is 30.4 Å². The van der Waals surface area contributed by atoms with Gasteiger partial charge in [0.25, 0.3) is 0 Å². The van der Waals surface area contributed by atoms with Crippen molar-refractivity contribution in [3.63, 3.8) is 0 Å². The van der Waals surface area contributed by atoms with Crippen LogP contribution in [0, 0.1) is 0 Å². The minimum Gasteiger partial charge on any atom is -0.497 e. The Labute approximate surface area is 260 Å². The molecule has 1 N–H and O–H groups in total. The Hall–Kier alpha value is -3.77. The molecule has 0 unspecified atom stereocenters. The maximum atomic E-state index is 14.1. The van der Waals surface area contributed by atoms with Crippen LogP contribution in [0.1, 0.15) is 36.5 Å². The van der Waals surface area contributed by atoms with E-state index in [2.05, 4.69) is 5.32 Å². The number of alkyl halides is 3. The number of halogens is 4. The zero-order valence-corrected chi connectivity index (χ0v) is 26.2. The molecule has 0 saturated carbocycles. The third kappa shape index (κ3) is 9.62. The van der Waals surface area contributed by atoms with Crippen molar-refractivity contribution in [2.45, 2.75) is 44.9 Å². The number of sulfonamides is 1. The van der Waals surface area contributed by atoms with Gasteiger partial charge in [-0.25, -0.2) is 8.42 Å². The first-order chi connectivity index (χ1) is 20.7. The first kappa shape index (κ1) is 34.7. The lowest BCUT2D eigenvalue weighted by Crippen LogP contribution is -2.53. The van der Waals surface area contributed by atoms with Gasteiger partial charge in [0.1, 0.15) is 18.3 Å². The molecule has 1 atom stereocenters. The van der Waals surface area contributed by atoms with E-state index in [-0.39, 0.29) is 18.0 Å². The smallest absolute Gasteiger partial charge is 0.416 e. The van der Waals surface area contributed by atoms with Crippen LogP contribution in [0.4, 0.5) is 18.9 Å². The van der Waals surface area contributed by atoms with Crippen molar-refractivity contribution in [2.75, 3.05) is 30.8 Å². The van der Waals surface area contributed by atoms with Crippen LogP contribution in [0.15, 0.2) is 72.8 Å². The summed E-state index contributed by atoms with van der Waals surface area (Å²) in [5, 5.41) is 2.56. The van der Waals surface area contributed by atoms with Crippen molar-refractivity contribution in [1.82, 2.24) is 10.2 Å². The van der Waals surface area contributed by atoms with Gasteiger partial charge in [-0.2, -0.15) is 13.2 Å². The number of methoxy groups -OCH3 is 1. The van der Waals surface area contributed by atoms with Crippen LogP contribution in [0.5, 0.6) is 5.75 Å².